The van der Waals surface area contributed by atoms with Crippen LogP contribution in [0.1, 0.15) is 29.5 Å². The SMILES string of the molecule is Nc1ccc(C2(CN3Cc4ccccc4C3)CC2)cc1. The van der Waals surface area contributed by atoms with Gasteiger partial charge in [-0.05, 0) is 41.7 Å². The molecule has 1 saturated carbocycles. The molecular weight excluding hydrogens is 244 g/mol. The maximum atomic E-state index is 5.80. The second-order valence-electron chi connectivity index (χ2n) is 6.32. The van der Waals surface area contributed by atoms with Gasteiger partial charge in [-0.2, -0.15) is 0 Å². The van der Waals surface area contributed by atoms with Crippen molar-refractivity contribution < 1.29 is 0 Å². The van der Waals surface area contributed by atoms with E-state index in [4.69, 9.17) is 5.73 Å². The first-order valence-corrected chi connectivity index (χ1v) is 7.40. The number of anilines is 1. The molecule has 0 atom stereocenters. The number of hydrogen-bond acceptors (Lipinski definition) is 2. The molecule has 20 heavy (non-hydrogen) atoms. The van der Waals surface area contributed by atoms with E-state index in [1.54, 1.807) is 0 Å². The molecule has 2 nitrogen and oxygen atoms in total. The molecule has 2 aromatic rings. The lowest BCUT2D eigenvalue weighted by atomic mass is 9.95. The first-order chi connectivity index (χ1) is 9.75. The van der Waals surface area contributed by atoms with E-state index in [-0.39, 0.29) is 0 Å². The Balaban J connectivity index is 1.52. The number of benzene rings is 2. The van der Waals surface area contributed by atoms with Gasteiger partial charge in [0.15, 0.2) is 0 Å². The smallest absolute Gasteiger partial charge is 0.0314 e. The van der Waals surface area contributed by atoms with Gasteiger partial charge in [0.1, 0.15) is 0 Å². The first-order valence-electron chi connectivity index (χ1n) is 7.40. The van der Waals surface area contributed by atoms with E-state index in [0.29, 0.717) is 5.41 Å². The Labute approximate surface area is 120 Å². The number of fused-ring (bicyclic) bond motifs is 1. The van der Waals surface area contributed by atoms with Gasteiger partial charge in [-0.1, -0.05) is 36.4 Å². The van der Waals surface area contributed by atoms with Crippen molar-refractivity contribution in [3.63, 3.8) is 0 Å². The highest BCUT2D eigenvalue weighted by atomic mass is 15.2. The summed E-state index contributed by atoms with van der Waals surface area (Å²) in [6.45, 7) is 3.38. The summed E-state index contributed by atoms with van der Waals surface area (Å²) in [7, 11) is 0. The Kier molecular flexibility index (Phi) is 2.61. The highest BCUT2D eigenvalue weighted by molar-refractivity contribution is 5.43. The Morgan fingerprint density at radius 2 is 1.50 bits per heavy atom. The van der Waals surface area contributed by atoms with Crippen LogP contribution >= 0.6 is 0 Å². The van der Waals surface area contributed by atoms with Gasteiger partial charge in [0, 0.05) is 30.7 Å². The maximum absolute atomic E-state index is 5.80. The molecule has 0 radical (unpaired) electrons. The van der Waals surface area contributed by atoms with Crippen molar-refractivity contribution >= 4 is 5.69 Å². The molecule has 2 aliphatic rings. The molecule has 0 unspecified atom stereocenters. The van der Waals surface area contributed by atoms with Gasteiger partial charge >= 0.3 is 0 Å². The molecule has 2 aromatic carbocycles. The second-order valence-corrected chi connectivity index (χ2v) is 6.32. The highest BCUT2D eigenvalue weighted by Gasteiger charge is 2.45. The quantitative estimate of drug-likeness (QED) is 0.862. The molecule has 4 rings (SSSR count). The highest BCUT2D eigenvalue weighted by Crippen LogP contribution is 2.49. The van der Waals surface area contributed by atoms with Crippen LogP contribution in [0.25, 0.3) is 0 Å². The second kappa shape index (κ2) is 4.35. The summed E-state index contributed by atoms with van der Waals surface area (Å²) >= 11 is 0. The molecule has 102 valence electrons. The molecule has 1 aliphatic heterocycles. The van der Waals surface area contributed by atoms with Gasteiger partial charge in [-0.15, -0.1) is 0 Å². The maximum Gasteiger partial charge on any atom is 0.0314 e. The van der Waals surface area contributed by atoms with Gasteiger partial charge in [-0.25, -0.2) is 0 Å². The molecule has 0 bridgehead atoms. The van der Waals surface area contributed by atoms with E-state index in [1.165, 1.54) is 36.1 Å². The minimum atomic E-state index is 0.385. The minimum Gasteiger partial charge on any atom is -0.399 e. The van der Waals surface area contributed by atoms with Crippen molar-refractivity contribution in [3.8, 4) is 0 Å². The fourth-order valence-corrected chi connectivity index (χ4v) is 3.47. The van der Waals surface area contributed by atoms with Crippen LogP contribution in [-0.2, 0) is 18.5 Å². The number of nitrogens with two attached hydrogens (primary N) is 1. The lowest BCUT2D eigenvalue weighted by Crippen LogP contribution is -2.28. The summed E-state index contributed by atoms with van der Waals surface area (Å²) in [4.78, 5) is 2.59. The van der Waals surface area contributed by atoms with Gasteiger partial charge in [0.05, 0.1) is 0 Å². The summed E-state index contributed by atoms with van der Waals surface area (Å²) in [5, 5.41) is 0. The van der Waals surface area contributed by atoms with Crippen molar-refractivity contribution in [2.75, 3.05) is 12.3 Å². The predicted molar refractivity (Wildman–Crippen MR) is 82.3 cm³/mol. The van der Waals surface area contributed by atoms with Gasteiger partial charge in [-0.3, -0.25) is 4.90 Å². The van der Waals surface area contributed by atoms with E-state index < -0.39 is 0 Å². The number of nitrogen functional groups attached to an aromatic ring is 1. The van der Waals surface area contributed by atoms with Crippen molar-refractivity contribution in [1.29, 1.82) is 0 Å². The summed E-state index contributed by atoms with van der Waals surface area (Å²) in [5.74, 6) is 0. The van der Waals surface area contributed by atoms with Crippen LogP contribution in [0.5, 0.6) is 0 Å². The average Bonchev–Trinajstić information content (AvgIpc) is 3.11. The van der Waals surface area contributed by atoms with E-state index >= 15 is 0 Å². The van der Waals surface area contributed by atoms with Gasteiger partial charge in [0.25, 0.3) is 0 Å². The minimum absolute atomic E-state index is 0.385. The van der Waals surface area contributed by atoms with E-state index in [1.807, 2.05) is 12.1 Å². The zero-order valence-electron chi connectivity index (χ0n) is 11.7. The zero-order valence-corrected chi connectivity index (χ0v) is 11.7. The van der Waals surface area contributed by atoms with Crippen LogP contribution in [0.3, 0.4) is 0 Å². The molecule has 0 saturated heterocycles. The normalized spacial score (nSPS) is 19.8. The fraction of sp³-hybridized carbons (Fsp3) is 0.333. The van der Waals surface area contributed by atoms with Gasteiger partial charge < -0.3 is 5.73 Å². The van der Waals surface area contributed by atoms with Crippen molar-refractivity contribution in [3.05, 3.63) is 65.2 Å². The predicted octanol–water partition coefficient (Wildman–Crippen LogP) is 3.32. The molecule has 2 N–H and O–H groups in total. The van der Waals surface area contributed by atoms with Crippen molar-refractivity contribution in [2.24, 2.45) is 0 Å². The summed E-state index contributed by atoms with van der Waals surface area (Å²) in [6.07, 6.45) is 2.62. The Morgan fingerprint density at radius 3 is 2.05 bits per heavy atom. The topological polar surface area (TPSA) is 29.3 Å². The molecule has 1 aliphatic carbocycles. The van der Waals surface area contributed by atoms with E-state index in [2.05, 4.69) is 41.3 Å². The van der Waals surface area contributed by atoms with Crippen LogP contribution in [-0.4, -0.2) is 11.4 Å². The van der Waals surface area contributed by atoms with Crippen LogP contribution in [0.15, 0.2) is 48.5 Å². The number of hydrogen-bond donors (Lipinski definition) is 1. The first kappa shape index (κ1) is 12.0. The van der Waals surface area contributed by atoms with Crippen LogP contribution in [0.4, 0.5) is 5.69 Å². The summed E-state index contributed by atoms with van der Waals surface area (Å²) < 4.78 is 0. The van der Waals surface area contributed by atoms with Crippen molar-refractivity contribution in [1.82, 2.24) is 4.90 Å². The van der Waals surface area contributed by atoms with E-state index in [0.717, 1.165) is 18.8 Å². The third-order valence-electron chi connectivity index (χ3n) is 4.81. The molecule has 2 heteroatoms. The lowest BCUT2D eigenvalue weighted by Gasteiger charge is -2.23. The molecule has 0 spiro atoms. The number of nitrogens with zero attached hydrogens (tertiary/aromatic N) is 1. The third-order valence-corrected chi connectivity index (χ3v) is 4.81. The van der Waals surface area contributed by atoms with E-state index in [9.17, 15) is 0 Å². The fourth-order valence-electron chi connectivity index (χ4n) is 3.47. The van der Waals surface area contributed by atoms with Crippen LogP contribution in [0, 0.1) is 0 Å². The Hall–Kier alpha value is -1.80. The molecular formula is C18H20N2. The molecule has 0 amide bonds. The van der Waals surface area contributed by atoms with Crippen LogP contribution < -0.4 is 5.73 Å². The third kappa shape index (κ3) is 2.01. The Morgan fingerprint density at radius 1 is 0.900 bits per heavy atom. The summed E-state index contributed by atoms with van der Waals surface area (Å²) in [5.41, 5.74) is 11.5. The largest absolute Gasteiger partial charge is 0.399 e. The van der Waals surface area contributed by atoms with Crippen molar-refractivity contribution in [2.45, 2.75) is 31.3 Å². The standard InChI is InChI=1S/C18H20N2/c19-17-7-5-16(6-8-17)18(9-10-18)13-20-11-14-3-1-2-4-15(14)12-20/h1-8H,9-13,19H2. The zero-order chi connectivity index (χ0) is 13.6. The monoisotopic (exact) mass is 264 g/mol. The number of rotatable bonds is 3. The average molecular weight is 264 g/mol. The molecule has 1 heterocycles. The Bertz CT molecular complexity index is 601. The molecule has 0 aromatic heterocycles. The molecule has 1 fully saturated rings. The summed E-state index contributed by atoms with van der Waals surface area (Å²) in [6, 6.07) is 17.3. The van der Waals surface area contributed by atoms with Gasteiger partial charge in [0.2, 0.25) is 0 Å². The van der Waals surface area contributed by atoms with Crippen LogP contribution in [0.2, 0.25) is 0 Å². The lowest BCUT2D eigenvalue weighted by molar-refractivity contribution is 0.256.